The Kier molecular flexibility index (Phi) is 6.94. The van der Waals surface area contributed by atoms with Crippen LogP contribution in [-0.4, -0.2) is 37.1 Å². The van der Waals surface area contributed by atoms with Gasteiger partial charge in [0.25, 0.3) is 5.91 Å². The number of benzene rings is 1. The molecule has 140 valence electrons. The van der Waals surface area contributed by atoms with Gasteiger partial charge in [-0.05, 0) is 44.0 Å². The maximum atomic E-state index is 12.3. The molecule has 0 atom stereocenters. The van der Waals surface area contributed by atoms with Gasteiger partial charge in [0.1, 0.15) is 11.4 Å². The Morgan fingerprint density at radius 1 is 1.23 bits per heavy atom. The van der Waals surface area contributed by atoms with Gasteiger partial charge in [0.15, 0.2) is 0 Å². The average Bonchev–Trinajstić information content (AvgIpc) is 2.90. The molecule has 2 rings (SSSR count). The zero-order valence-electron chi connectivity index (χ0n) is 14.7. The summed E-state index contributed by atoms with van der Waals surface area (Å²) in [6.07, 6.45) is 0.591. The summed E-state index contributed by atoms with van der Waals surface area (Å²) < 4.78 is 10.3. The van der Waals surface area contributed by atoms with Crippen molar-refractivity contribution >= 4 is 35.1 Å². The first-order valence-electron chi connectivity index (χ1n) is 7.98. The molecule has 8 heteroatoms. The highest BCUT2D eigenvalue weighted by Crippen LogP contribution is 2.27. The van der Waals surface area contributed by atoms with Gasteiger partial charge >= 0.3 is 5.97 Å². The van der Waals surface area contributed by atoms with E-state index in [1.807, 2.05) is 0 Å². The lowest BCUT2D eigenvalue weighted by Crippen LogP contribution is -2.26. The number of hydrogen-bond acceptors (Lipinski definition) is 4. The van der Waals surface area contributed by atoms with Crippen molar-refractivity contribution in [2.75, 3.05) is 20.3 Å². The molecule has 1 amide bonds. The van der Waals surface area contributed by atoms with Crippen LogP contribution in [0.1, 0.15) is 38.5 Å². The number of H-pyrrole nitrogens is 1. The Morgan fingerprint density at radius 3 is 2.62 bits per heavy atom. The van der Waals surface area contributed by atoms with E-state index in [1.165, 1.54) is 7.11 Å². The number of ether oxygens (including phenoxy) is 2. The molecule has 0 radical (unpaired) electrons. The zero-order valence-corrected chi connectivity index (χ0v) is 16.3. The van der Waals surface area contributed by atoms with Crippen molar-refractivity contribution in [2.24, 2.45) is 0 Å². The summed E-state index contributed by atoms with van der Waals surface area (Å²) in [5.74, 6) is -0.213. The number of methoxy groups -OCH3 is 1. The standard InChI is InChI=1S/C18H20Cl2N2O4/c1-10-15(18(24)25-3)11(2)22-16(10)17(23)21-7-4-8-26-14-6-5-12(19)9-13(14)20/h5-6,9,22H,4,7-8H2,1-3H3,(H,21,23). The van der Waals surface area contributed by atoms with Gasteiger partial charge < -0.3 is 19.8 Å². The maximum Gasteiger partial charge on any atom is 0.339 e. The Morgan fingerprint density at radius 2 is 1.96 bits per heavy atom. The topological polar surface area (TPSA) is 80.4 Å². The van der Waals surface area contributed by atoms with Crippen molar-refractivity contribution in [1.82, 2.24) is 10.3 Å². The van der Waals surface area contributed by atoms with E-state index in [1.54, 1.807) is 32.0 Å². The molecule has 0 unspecified atom stereocenters. The van der Waals surface area contributed by atoms with Crippen molar-refractivity contribution < 1.29 is 19.1 Å². The lowest BCUT2D eigenvalue weighted by atomic mass is 10.1. The minimum atomic E-state index is -0.469. The van der Waals surface area contributed by atoms with Gasteiger partial charge in [-0.15, -0.1) is 0 Å². The summed E-state index contributed by atoms with van der Waals surface area (Å²) in [6, 6.07) is 5.00. The van der Waals surface area contributed by atoms with E-state index in [0.717, 1.165) is 0 Å². The summed E-state index contributed by atoms with van der Waals surface area (Å²) in [4.78, 5) is 27.0. The van der Waals surface area contributed by atoms with Crippen molar-refractivity contribution in [3.05, 3.63) is 50.8 Å². The molecule has 0 fully saturated rings. The number of halogens is 2. The van der Waals surface area contributed by atoms with Crippen LogP contribution in [0.25, 0.3) is 0 Å². The number of rotatable bonds is 7. The van der Waals surface area contributed by atoms with Crippen molar-refractivity contribution in [2.45, 2.75) is 20.3 Å². The molecule has 1 aromatic heterocycles. The fourth-order valence-corrected chi connectivity index (χ4v) is 2.99. The number of hydrogen-bond donors (Lipinski definition) is 2. The second-order valence-electron chi connectivity index (χ2n) is 5.65. The second-order valence-corrected chi connectivity index (χ2v) is 6.49. The van der Waals surface area contributed by atoms with Crippen LogP contribution in [0.15, 0.2) is 18.2 Å². The van der Waals surface area contributed by atoms with Gasteiger partial charge in [-0.1, -0.05) is 23.2 Å². The molecule has 0 bridgehead atoms. The average molecular weight is 399 g/mol. The summed E-state index contributed by atoms with van der Waals surface area (Å²) in [5.41, 5.74) is 1.90. The predicted molar refractivity (Wildman–Crippen MR) is 101 cm³/mol. The summed E-state index contributed by atoms with van der Waals surface area (Å²) in [5, 5.41) is 3.77. The number of amides is 1. The first-order chi connectivity index (χ1) is 12.3. The number of aromatic amines is 1. The van der Waals surface area contributed by atoms with Crippen LogP contribution >= 0.6 is 23.2 Å². The van der Waals surface area contributed by atoms with E-state index in [0.29, 0.717) is 57.9 Å². The summed E-state index contributed by atoms with van der Waals surface area (Å²) >= 11 is 11.9. The zero-order chi connectivity index (χ0) is 19.3. The largest absolute Gasteiger partial charge is 0.492 e. The predicted octanol–water partition coefficient (Wildman–Crippen LogP) is 3.92. The summed E-state index contributed by atoms with van der Waals surface area (Å²) in [7, 11) is 1.31. The van der Waals surface area contributed by atoms with Crippen LogP contribution in [0.2, 0.25) is 10.0 Å². The van der Waals surface area contributed by atoms with Gasteiger partial charge in [0.05, 0.1) is 24.3 Å². The Bertz CT molecular complexity index is 818. The Balaban J connectivity index is 1.85. The van der Waals surface area contributed by atoms with Gasteiger partial charge in [-0.2, -0.15) is 0 Å². The molecule has 2 N–H and O–H groups in total. The number of carbonyl (C=O) groups is 2. The number of nitrogens with one attached hydrogen (secondary N) is 2. The molecule has 0 saturated carbocycles. The van der Waals surface area contributed by atoms with Crippen LogP contribution < -0.4 is 10.1 Å². The fourth-order valence-electron chi connectivity index (χ4n) is 2.52. The van der Waals surface area contributed by atoms with Crippen molar-refractivity contribution in [3.63, 3.8) is 0 Å². The number of aromatic nitrogens is 1. The molecule has 0 aliphatic carbocycles. The molecule has 6 nitrogen and oxygen atoms in total. The van der Waals surface area contributed by atoms with E-state index < -0.39 is 5.97 Å². The third kappa shape index (κ3) is 4.71. The molecule has 26 heavy (non-hydrogen) atoms. The van der Waals surface area contributed by atoms with E-state index in [-0.39, 0.29) is 5.91 Å². The normalized spacial score (nSPS) is 10.5. The highest BCUT2D eigenvalue weighted by molar-refractivity contribution is 6.35. The molecular formula is C18H20Cl2N2O4. The minimum absolute atomic E-state index is 0.287. The number of esters is 1. The van der Waals surface area contributed by atoms with E-state index in [2.05, 4.69) is 10.3 Å². The van der Waals surface area contributed by atoms with Crippen molar-refractivity contribution in [1.29, 1.82) is 0 Å². The molecular weight excluding hydrogens is 379 g/mol. The second kappa shape index (κ2) is 8.96. The van der Waals surface area contributed by atoms with E-state index >= 15 is 0 Å². The van der Waals surface area contributed by atoms with Gasteiger partial charge in [-0.3, -0.25) is 4.79 Å². The number of aryl methyl sites for hydroxylation is 1. The first kappa shape index (κ1) is 20.1. The molecule has 1 aromatic carbocycles. The molecule has 0 spiro atoms. The molecule has 1 heterocycles. The lowest BCUT2D eigenvalue weighted by molar-refractivity contribution is 0.0599. The molecule has 0 aliphatic heterocycles. The quantitative estimate of drug-likeness (QED) is 0.546. The maximum absolute atomic E-state index is 12.3. The smallest absolute Gasteiger partial charge is 0.339 e. The van der Waals surface area contributed by atoms with E-state index in [4.69, 9.17) is 32.7 Å². The minimum Gasteiger partial charge on any atom is -0.492 e. The van der Waals surface area contributed by atoms with Crippen LogP contribution in [0, 0.1) is 13.8 Å². The van der Waals surface area contributed by atoms with Gasteiger partial charge in [-0.25, -0.2) is 4.79 Å². The van der Waals surface area contributed by atoms with Gasteiger partial charge in [0, 0.05) is 17.3 Å². The van der Waals surface area contributed by atoms with Gasteiger partial charge in [0.2, 0.25) is 0 Å². The lowest BCUT2D eigenvalue weighted by Gasteiger charge is -2.09. The fraction of sp³-hybridized carbons (Fsp3) is 0.333. The highest BCUT2D eigenvalue weighted by atomic mass is 35.5. The summed E-state index contributed by atoms with van der Waals surface area (Å²) in [6.45, 7) is 4.23. The molecule has 0 saturated heterocycles. The third-order valence-corrected chi connectivity index (χ3v) is 4.34. The third-order valence-electron chi connectivity index (χ3n) is 3.81. The first-order valence-corrected chi connectivity index (χ1v) is 8.74. The monoisotopic (exact) mass is 398 g/mol. The van der Waals surface area contributed by atoms with E-state index in [9.17, 15) is 9.59 Å². The number of carbonyl (C=O) groups excluding carboxylic acids is 2. The Hall–Kier alpha value is -2.18. The molecule has 0 aliphatic rings. The van der Waals surface area contributed by atoms with Crippen LogP contribution in [-0.2, 0) is 4.74 Å². The van der Waals surface area contributed by atoms with Crippen molar-refractivity contribution in [3.8, 4) is 5.75 Å². The molecule has 2 aromatic rings. The van der Waals surface area contributed by atoms with Crippen LogP contribution in [0.4, 0.5) is 0 Å². The van der Waals surface area contributed by atoms with Crippen LogP contribution in [0.5, 0.6) is 5.75 Å². The van der Waals surface area contributed by atoms with Crippen LogP contribution in [0.3, 0.4) is 0 Å². The Labute approximate surface area is 161 Å². The highest BCUT2D eigenvalue weighted by Gasteiger charge is 2.22. The SMILES string of the molecule is COC(=O)c1c(C)[nH]c(C(=O)NCCCOc2ccc(Cl)cc2Cl)c1C.